The van der Waals surface area contributed by atoms with Gasteiger partial charge in [-0.15, -0.1) is 0 Å². The number of nitrogen functional groups attached to an aromatic ring is 1. The van der Waals surface area contributed by atoms with Gasteiger partial charge in [-0.25, -0.2) is 19.3 Å². The topological polar surface area (TPSA) is 93.4 Å². The van der Waals surface area contributed by atoms with Crippen molar-refractivity contribution in [2.75, 3.05) is 5.73 Å². The van der Waals surface area contributed by atoms with Crippen molar-refractivity contribution in [2.45, 2.75) is 0 Å². The molecule has 3 rings (SSSR count). The number of pyridine rings is 1. The predicted molar refractivity (Wildman–Crippen MR) is 59.3 cm³/mol. The van der Waals surface area contributed by atoms with E-state index in [1.165, 1.54) is 18.6 Å². The molecule has 0 saturated carbocycles. The van der Waals surface area contributed by atoms with Crippen LogP contribution in [-0.4, -0.2) is 24.9 Å². The molecule has 0 fully saturated rings. The fourth-order valence-corrected chi connectivity index (χ4v) is 1.52. The van der Waals surface area contributed by atoms with Crippen LogP contribution in [0.15, 0.2) is 24.8 Å². The first-order chi connectivity index (χ1) is 8.24. The molecule has 0 aliphatic carbocycles. The number of H-pyrrole nitrogens is 1. The van der Waals surface area contributed by atoms with Crippen LogP contribution in [0.4, 0.5) is 10.2 Å². The highest BCUT2D eigenvalue weighted by molar-refractivity contribution is 5.83. The number of nitrogens with two attached hydrogens (primary N) is 1. The van der Waals surface area contributed by atoms with Crippen molar-refractivity contribution in [1.82, 2.24) is 24.9 Å². The van der Waals surface area contributed by atoms with Crippen LogP contribution in [0, 0.1) is 5.82 Å². The second-order valence-electron chi connectivity index (χ2n) is 3.43. The van der Waals surface area contributed by atoms with Gasteiger partial charge in [0.25, 0.3) is 0 Å². The second-order valence-corrected chi connectivity index (χ2v) is 3.43. The number of aromatic amines is 1. The predicted octanol–water partition coefficient (Wildman–Crippen LogP) is 1.14. The summed E-state index contributed by atoms with van der Waals surface area (Å²) in [6, 6.07) is 1.29. The summed E-state index contributed by atoms with van der Waals surface area (Å²) in [7, 11) is 0. The Morgan fingerprint density at radius 3 is 2.94 bits per heavy atom. The van der Waals surface area contributed by atoms with Gasteiger partial charge in [-0.1, -0.05) is 0 Å². The van der Waals surface area contributed by atoms with Gasteiger partial charge < -0.3 is 10.7 Å². The lowest BCUT2D eigenvalue weighted by atomic mass is 10.2. The first-order valence-corrected chi connectivity index (χ1v) is 4.81. The number of anilines is 1. The third kappa shape index (κ3) is 1.57. The molecule has 7 heteroatoms. The molecule has 0 aromatic carbocycles. The minimum atomic E-state index is -0.452. The van der Waals surface area contributed by atoms with Crippen LogP contribution in [0.1, 0.15) is 0 Å². The number of halogens is 1. The molecule has 84 valence electrons. The van der Waals surface area contributed by atoms with E-state index in [1.54, 1.807) is 0 Å². The number of hydrogen-bond acceptors (Lipinski definition) is 5. The summed E-state index contributed by atoms with van der Waals surface area (Å²) in [5.41, 5.74) is 7.21. The lowest BCUT2D eigenvalue weighted by Gasteiger charge is -2.01. The van der Waals surface area contributed by atoms with Gasteiger partial charge in [0.1, 0.15) is 11.3 Å². The molecule has 3 aromatic heterocycles. The number of nitrogens with zero attached hydrogens (tertiary/aromatic N) is 4. The molecule has 0 bridgehead atoms. The number of imidazole rings is 1. The van der Waals surface area contributed by atoms with E-state index in [4.69, 9.17) is 5.73 Å². The minimum Gasteiger partial charge on any atom is -0.382 e. The summed E-state index contributed by atoms with van der Waals surface area (Å²) in [5.74, 6) is 0.118. The van der Waals surface area contributed by atoms with Gasteiger partial charge in [0.15, 0.2) is 17.3 Å². The van der Waals surface area contributed by atoms with E-state index in [1.807, 2.05) is 0 Å². The fraction of sp³-hybridized carbons (Fsp3) is 0. The first kappa shape index (κ1) is 9.64. The van der Waals surface area contributed by atoms with Crippen LogP contribution in [-0.2, 0) is 0 Å². The van der Waals surface area contributed by atoms with E-state index in [0.29, 0.717) is 22.6 Å². The van der Waals surface area contributed by atoms with Gasteiger partial charge in [-0.05, 0) is 6.07 Å². The van der Waals surface area contributed by atoms with E-state index in [0.717, 1.165) is 6.20 Å². The maximum Gasteiger partial charge on any atom is 0.183 e. The molecule has 0 radical (unpaired) electrons. The zero-order valence-corrected chi connectivity index (χ0v) is 8.55. The Morgan fingerprint density at radius 2 is 2.12 bits per heavy atom. The molecule has 0 saturated heterocycles. The number of hydrogen-bond donors (Lipinski definition) is 2. The standard InChI is InChI=1S/C10H7FN6/c11-6-1-5(2-13-3-6)9-16-8(12)7-10(17-9)15-4-14-7/h1-4H,(H3,12,14,15,16,17). The van der Waals surface area contributed by atoms with Gasteiger partial charge in [0, 0.05) is 11.8 Å². The zero-order valence-electron chi connectivity index (χ0n) is 8.55. The Balaban J connectivity index is 2.23. The molecular weight excluding hydrogens is 223 g/mol. The Labute approximate surface area is 94.8 Å². The maximum atomic E-state index is 13.0. The summed E-state index contributed by atoms with van der Waals surface area (Å²) in [6.45, 7) is 0. The maximum absolute atomic E-state index is 13.0. The van der Waals surface area contributed by atoms with Crippen LogP contribution in [0.25, 0.3) is 22.6 Å². The van der Waals surface area contributed by atoms with Crippen molar-refractivity contribution < 1.29 is 4.39 Å². The molecule has 6 nitrogen and oxygen atoms in total. The Kier molecular flexibility index (Phi) is 1.97. The van der Waals surface area contributed by atoms with Crippen LogP contribution in [0.3, 0.4) is 0 Å². The van der Waals surface area contributed by atoms with Crippen LogP contribution < -0.4 is 5.73 Å². The lowest BCUT2D eigenvalue weighted by molar-refractivity contribution is 0.622. The molecule has 3 heterocycles. The van der Waals surface area contributed by atoms with E-state index >= 15 is 0 Å². The summed E-state index contributed by atoms with van der Waals surface area (Å²) >= 11 is 0. The average Bonchev–Trinajstić information content (AvgIpc) is 2.77. The van der Waals surface area contributed by atoms with Crippen molar-refractivity contribution in [3.05, 3.63) is 30.6 Å². The Bertz CT molecular complexity index is 692. The number of fused-ring (bicyclic) bond motifs is 1. The van der Waals surface area contributed by atoms with Gasteiger partial charge in [-0.3, -0.25) is 4.98 Å². The van der Waals surface area contributed by atoms with Crippen molar-refractivity contribution in [3.8, 4) is 11.4 Å². The summed E-state index contributed by atoms with van der Waals surface area (Å²) in [4.78, 5) is 18.8. The van der Waals surface area contributed by atoms with E-state index in [2.05, 4.69) is 24.9 Å². The van der Waals surface area contributed by atoms with Crippen molar-refractivity contribution in [1.29, 1.82) is 0 Å². The quantitative estimate of drug-likeness (QED) is 0.653. The first-order valence-electron chi connectivity index (χ1n) is 4.81. The van der Waals surface area contributed by atoms with Gasteiger partial charge in [-0.2, -0.15) is 0 Å². The molecular formula is C10H7FN6. The molecule has 0 aliphatic rings. The summed E-state index contributed by atoms with van der Waals surface area (Å²) in [5, 5.41) is 0. The molecule has 17 heavy (non-hydrogen) atoms. The number of aromatic nitrogens is 5. The number of rotatable bonds is 1. The van der Waals surface area contributed by atoms with E-state index in [9.17, 15) is 4.39 Å². The van der Waals surface area contributed by atoms with Crippen LogP contribution in [0.2, 0.25) is 0 Å². The van der Waals surface area contributed by atoms with E-state index in [-0.39, 0.29) is 5.82 Å². The van der Waals surface area contributed by atoms with Gasteiger partial charge in [0.2, 0.25) is 0 Å². The third-order valence-electron chi connectivity index (χ3n) is 2.28. The monoisotopic (exact) mass is 230 g/mol. The molecule has 0 aliphatic heterocycles. The molecule has 0 spiro atoms. The Hall–Kier alpha value is -2.57. The van der Waals surface area contributed by atoms with E-state index < -0.39 is 5.82 Å². The highest BCUT2D eigenvalue weighted by Crippen LogP contribution is 2.20. The smallest absolute Gasteiger partial charge is 0.183 e. The SMILES string of the molecule is Nc1nc(-c2cncc(F)c2)nc2nc[nH]c12. The van der Waals surface area contributed by atoms with Crippen LogP contribution >= 0.6 is 0 Å². The third-order valence-corrected chi connectivity index (χ3v) is 2.28. The molecule has 0 unspecified atom stereocenters. The summed E-state index contributed by atoms with van der Waals surface area (Å²) < 4.78 is 13.0. The normalized spacial score (nSPS) is 10.9. The van der Waals surface area contributed by atoms with Crippen molar-refractivity contribution in [3.63, 3.8) is 0 Å². The minimum absolute atomic E-state index is 0.270. The second kappa shape index (κ2) is 3.48. The molecule has 0 amide bonds. The Morgan fingerprint density at radius 1 is 1.24 bits per heavy atom. The largest absolute Gasteiger partial charge is 0.382 e. The zero-order chi connectivity index (χ0) is 11.8. The number of nitrogens with one attached hydrogen (secondary N) is 1. The van der Waals surface area contributed by atoms with Crippen LogP contribution in [0.5, 0.6) is 0 Å². The molecule has 0 atom stereocenters. The van der Waals surface area contributed by atoms with Crippen molar-refractivity contribution in [2.24, 2.45) is 0 Å². The van der Waals surface area contributed by atoms with Gasteiger partial charge >= 0.3 is 0 Å². The summed E-state index contributed by atoms with van der Waals surface area (Å²) in [6.07, 6.45) is 4.06. The molecule has 3 aromatic rings. The van der Waals surface area contributed by atoms with Crippen molar-refractivity contribution >= 4 is 17.0 Å². The fourth-order valence-electron chi connectivity index (χ4n) is 1.52. The van der Waals surface area contributed by atoms with Gasteiger partial charge in [0.05, 0.1) is 12.5 Å². The average molecular weight is 230 g/mol. The highest BCUT2D eigenvalue weighted by Gasteiger charge is 2.09. The lowest BCUT2D eigenvalue weighted by Crippen LogP contribution is -1.98. The highest BCUT2D eigenvalue weighted by atomic mass is 19.1. The molecule has 3 N–H and O–H groups in total.